The minimum atomic E-state index is -0.387. The number of hydrogen-bond acceptors (Lipinski definition) is 3. The van der Waals surface area contributed by atoms with Gasteiger partial charge in [0.1, 0.15) is 5.82 Å². The van der Waals surface area contributed by atoms with Gasteiger partial charge in [0.05, 0.1) is 7.11 Å². The molecule has 0 saturated heterocycles. The van der Waals surface area contributed by atoms with Crippen LogP contribution in [0.1, 0.15) is 5.56 Å². The molecule has 0 fully saturated rings. The number of pyridine rings is 1. The van der Waals surface area contributed by atoms with E-state index < -0.39 is 0 Å². The maximum Gasteiger partial charge on any atom is 0.319 e. The lowest BCUT2D eigenvalue weighted by Crippen LogP contribution is -2.28. The highest BCUT2D eigenvalue weighted by molar-refractivity contribution is 5.89. The van der Waals surface area contributed by atoms with Crippen molar-refractivity contribution in [3.8, 4) is 5.88 Å². The van der Waals surface area contributed by atoms with Gasteiger partial charge in [-0.15, -0.1) is 0 Å². The number of halogens is 1. The first kappa shape index (κ1) is 13.8. The number of ether oxygens (including phenoxy) is 1. The number of carbonyl (C=O) groups is 1. The van der Waals surface area contributed by atoms with Crippen molar-refractivity contribution in [3.63, 3.8) is 0 Å². The van der Waals surface area contributed by atoms with Crippen molar-refractivity contribution in [1.82, 2.24) is 10.3 Å². The van der Waals surface area contributed by atoms with Crippen LogP contribution in [0.5, 0.6) is 5.88 Å². The lowest BCUT2D eigenvalue weighted by atomic mass is 10.2. The number of aromatic nitrogens is 1. The van der Waals surface area contributed by atoms with Gasteiger partial charge in [-0.05, 0) is 30.3 Å². The van der Waals surface area contributed by atoms with Gasteiger partial charge in [0.25, 0.3) is 0 Å². The molecule has 0 radical (unpaired) electrons. The van der Waals surface area contributed by atoms with Crippen LogP contribution in [0, 0.1) is 5.82 Å². The molecule has 0 saturated carbocycles. The number of hydrogen-bond donors (Lipinski definition) is 2. The number of anilines is 1. The zero-order valence-corrected chi connectivity index (χ0v) is 10.9. The summed E-state index contributed by atoms with van der Waals surface area (Å²) in [6, 6.07) is 8.71. The highest BCUT2D eigenvalue weighted by Gasteiger charge is 2.06. The van der Waals surface area contributed by atoms with Gasteiger partial charge in [0.15, 0.2) is 0 Å². The van der Waals surface area contributed by atoms with E-state index in [4.69, 9.17) is 4.74 Å². The monoisotopic (exact) mass is 275 g/mol. The summed E-state index contributed by atoms with van der Waals surface area (Å²) in [7, 11) is 1.52. The van der Waals surface area contributed by atoms with Gasteiger partial charge in [-0.1, -0.05) is 6.07 Å². The molecule has 1 heterocycles. The summed E-state index contributed by atoms with van der Waals surface area (Å²) in [5, 5.41) is 5.27. The number of nitrogens with one attached hydrogen (secondary N) is 2. The van der Waals surface area contributed by atoms with E-state index in [0.29, 0.717) is 11.6 Å². The molecule has 2 N–H and O–H groups in total. The fourth-order valence-electron chi connectivity index (χ4n) is 1.63. The van der Waals surface area contributed by atoms with E-state index in [-0.39, 0.29) is 18.4 Å². The fourth-order valence-corrected chi connectivity index (χ4v) is 1.63. The largest absolute Gasteiger partial charge is 0.481 e. The number of methoxy groups -OCH3 is 1. The van der Waals surface area contributed by atoms with Crippen molar-refractivity contribution in [1.29, 1.82) is 0 Å². The third-order valence-electron chi connectivity index (χ3n) is 2.58. The lowest BCUT2D eigenvalue weighted by molar-refractivity contribution is 0.251. The quantitative estimate of drug-likeness (QED) is 0.901. The van der Waals surface area contributed by atoms with Gasteiger partial charge >= 0.3 is 6.03 Å². The Morgan fingerprint density at radius 3 is 2.75 bits per heavy atom. The Morgan fingerprint density at radius 2 is 2.05 bits per heavy atom. The minimum Gasteiger partial charge on any atom is -0.481 e. The standard InChI is InChI=1S/C14H14FN3O2/c1-20-13-10(3-2-8-16-13)9-17-14(19)18-12-6-4-11(15)5-7-12/h2-8H,9H2,1H3,(H2,17,18,19). The van der Waals surface area contributed by atoms with Gasteiger partial charge in [-0.3, -0.25) is 0 Å². The summed E-state index contributed by atoms with van der Waals surface area (Å²) < 4.78 is 17.8. The van der Waals surface area contributed by atoms with Gasteiger partial charge in [0, 0.05) is 24.0 Å². The molecule has 0 aliphatic heterocycles. The molecule has 0 atom stereocenters. The second kappa shape index (κ2) is 6.51. The Labute approximate surface area is 115 Å². The molecule has 2 aromatic rings. The van der Waals surface area contributed by atoms with E-state index in [1.54, 1.807) is 12.3 Å². The van der Waals surface area contributed by atoms with Crippen molar-refractivity contribution in [3.05, 3.63) is 54.0 Å². The average Bonchev–Trinajstić information content (AvgIpc) is 2.48. The molecular formula is C14H14FN3O2. The van der Waals surface area contributed by atoms with Crippen LogP contribution in [0.3, 0.4) is 0 Å². The third kappa shape index (κ3) is 3.68. The second-order valence-electron chi connectivity index (χ2n) is 3.99. The van der Waals surface area contributed by atoms with Gasteiger partial charge < -0.3 is 15.4 Å². The number of nitrogens with zero attached hydrogens (tertiary/aromatic N) is 1. The van der Waals surface area contributed by atoms with Crippen LogP contribution in [0.4, 0.5) is 14.9 Å². The number of amides is 2. The van der Waals surface area contributed by atoms with Crippen molar-refractivity contribution in [2.45, 2.75) is 6.54 Å². The van der Waals surface area contributed by atoms with Crippen LogP contribution in [-0.4, -0.2) is 18.1 Å². The van der Waals surface area contributed by atoms with Crippen LogP contribution in [0.15, 0.2) is 42.6 Å². The van der Waals surface area contributed by atoms with Crippen LogP contribution in [0.25, 0.3) is 0 Å². The highest BCUT2D eigenvalue weighted by atomic mass is 19.1. The van der Waals surface area contributed by atoms with Crippen LogP contribution in [-0.2, 0) is 6.54 Å². The summed E-state index contributed by atoms with van der Waals surface area (Å²) in [6.45, 7) is 0.282. The molecule has 0 unspecified atom stereocenters. The number of rotatable bonds is 4. The second-order valence-corrected chi connectivity index (χ2v) is 3.99. The predicted octanol–water partition coefficient (Wildman–Crippen LogP) is 2.55. The Morgan fingerprint density at radius 1 is 1.30 bits per heavy atom. The first-order valence-electron chi connectivity index (χ1n) is 5.97. The molecular weight excluding hydrogens is 261 g/mol. The number of urea groups is 1. The van der Waals surface area contributed by atoms with E-state index in [1.807, 2.05) is 6.07 Å². The van der Waals surface area contributed by atoms with Crippen LogP contribution in [0.2, 0.25) is 0 Å². The van der Waals surface area contributed by atoms with Gasteiger partial charge in [-0.2, -0.15) is 0 Å². The average molecular weight is 275 g/mol. The zero-order chi connectivity index (χ0) is 14.4. The smallest absolute Gasteiger partial charge is 0.319 e. The molecule has 1 aromatic carbocycles. The predicted molar refractivity (Wildman–Crippen MR) is 73.0 cm³/mol. The Balaban J connectivity index is 1.90. The molecule has 0 bridgehead atoms. The molecule has 5 nitrogen and oxygen atoms in total. The summed E-state index contributed by atoms with van der Waals surface area (Å²) in [5.74, 6) is 0.116. The molecule has 0 aliphatic carbocycles. The van der Waals surface area contributed by atoms with E-state index in [2.05, 4.69) is 15.6 Å². The van der Waals surface area contributed by atoms with Gasteiger partial charge in [0.2, 0.25) is 5.88 Å². The maximum absolute atomic E-state index is 12.7. The lowest BCUT2D eigenvalue weighted by Gasteiger charge is -2.09. The zero-order valence-electron chi connectivity index (χ0n) is 10.9. The third-order valence-corrected chi connectivity index (χ3v) is 2.58. The molecule has 0 aliphatic rings. The topological polar surface area (TPSA) is 63.2 Å². The molecule has 0 spiro atoms. The van der Waals surface area contributed by atoms with Crippen LogP contribution < -0.4 is 15.4 Å². The summed E-state index contributed by atoms with van der Waals surface area (Å²) in [5.41, 5.74) is 1.28. The first-order valence-corrected chi connectivity index (χ1v) is 5.97. The molecule has 2 amide bonds. The van der Waals surface area contributed by atoms with E-state index in [1.165, 1.54) is 31.4 Å². The summed E-state index contributed by atoms with van der Waals surface area (Å²) >= 11 is 0. The molecule has 104 valence electrons. The maximum atomic E-state index is 12.7. The summed E-state index contributed by atoms with van der Waals surface area (Å²) in [4.78, 5) is 15.7. The van der Waals surface area contributed by atoms with Crippen LogP contribution >= 0.6 is 0 Å². The van der Waals surface area contributed by atoms with Crippen molar-refractivity contribution < 1.29 is 13.9 Å². The molecule has 6 heteroatoms. The normalized spacial score (nSPS) is 9.90. The minimum absolute atomic E-state index is 0.282. The van der Waals surface area contributed by atoms with E-state index in [0.717, 1.165) is 5.56 Å². The van der Waals surface area contributed by atoms with E-state index >= 15 is 0 Å². The Kier molecular flexibility index (Phi) is 4.49. The van der Waals surface area contributed by atoms with Gasteiger partial charge in [-0.25, -0.2) is 14.2 Å². The fraction of sp³-hybridized carbons (Fsp3) is 0.143. The molecule has 2 rings (SSSR count). The Bertz CT molecular complexity index is 587. The van der Waals surface area contributed by atoms with Crippen molar-refractivity contribution in [2.75, 3.05) is 12.4 Å². The molecule has 1 aromatic heterocycles. The van der Waals surface area contributed by atoms with E-state index in [9.17, 15) is 9.18 Å². The highest BCUT2D eigenvalue weighted by Crippen LogP contribution is 2.13. The van der Waals surface area contributed by atoms with Crippen molar-refractivity contribution >= 4 is 11.7 Å². The number of benzene rings is 1. The number of carbonyl (C=O) groups excluding carboxylic acids is 1. The molecule has 20 heavy (non-hydrogen) atoms. The first-order chi connectivity index (χ1) is 9.69. The van der Waals surface area contributed by atoms with Crippen molar-refractivity contribution in [2.24, 2.45) is 0 Å². The SMILES string of the molecule is COc1ncccc1CNC(=O)Nc1ccc(F)cc1. The summed E-state index contributed by atoms with van der Waals surface area (Å²) in [6.07, 6.45) is 1.61. The Hall–Kier alpha value is -2.63.